The fourth-order valence-electron chi connectivity index (χ4n) is 2.75. The first-order chi connectivity index (χ1) is 15.8. The zero-order valence-electron chi connectivity index (χ0n) is 19.0. The Morgan fingerprint density at radius 1 is 0.636 bits per heavy atom. The van der Waals surface area contributed by atoms with Crippen molar-refractivity contribution in [3.05, 3.63) is 0 Å². The Morgan fingerprint density at radius 2 is 1.09 bits per heavy atom. The molecule has 3 atom stereocenters. The van der Waals surface area contributed by atoms with Gasteiger partial charge >= 0.3 is 23.9 Å². The largest absolute Gasteiger partial charge is 0.462 e. The van der Waals surface area contributed by atoms with E-state index in [0.717, 1.165) is 12.8 Å². The van der Waals surface area contributed by atoms with Crippen molar-refractivity contribution in [3.8, 4) is 0 Å². The lowest BCUT2D eigenvalue weighted by Gasteiger charge is -2.32. The van der Waals surface area contributed by atoms with Crippen molar-refractivity contribution in [2.75, 3.05) is 29.6 Å². The van der Waals surface area contributed by atoms with Gasteiger partial charge in [-0.15, -0.1) is 0 Å². The molecule has 0 aromatic carbocycles. The Balaban J connectivity index is 5.93. The van der Waals surface area contributed by atoms with Crippen LogP contribution in [0.1, 0.15) is 58.3 Å². The van der Waals surface area contributed by atoms with Crippen molar-refractivity contribution in [2.24, 2.45) is 0 Å². The average Bonchev–Trinajstić information content (AvgIpc) is 2.75. The van der Waals surface area contributed by atoms with Gasteiger partial charge in [0.05, 0.1) is 25.7 Å². The van der Waals surface area contributed by atoms with E-state index < -0.39 is 42.2 Å². The van der Waals surface area contributed by atoms with Crippen LogP contribution in [0.4, 0.5) is 0 Å². The summed E-state index contributed by atoms with van der Waals surface area (Å²) in [5.41, 5.74) is 0. The standard InChI is InChI=1S/C21H36O8S4/c1-2-3-4-5-15(27-18(23)7-11-31)21(29-20(25)9-13-33)16(28-19(24)8-12-32)14-26-17(22)6-10-30/h15-16,21,30-33H,2-14H2,1H3/t15?,16-,21+/m1/s1. The third kappa shape index (κ3) is 15.7. The summed E-state index contributed by atoms with van der Waals surface area (Å²) in [6.45, 7) is 1.66. The van der Waals surface area contributed by atoms with Crippen LogP contribution in [0.15, 0.2) is 0 Å². The van der Waals surface area contributed by atoms with E-state index in [0.29, 0.717) is 12.8 Å². The minimum Gasteiger partial charge on any atom is -0.462 e. The molecule has 12 heteroatoms. The van der Waals surface area contributed by atoms with Gasteiger partial charge in [0.15, 0.2) is 12.2 Å². The first-order valence-electron chi connectivity index (χ1n) is 11.0. The SMILES string of the molecule is CCCCCC(OC(=O)CCS)[C@H](OC(=O)CCS)[C@@H](COC(=O)CCS)OC(=O)CCS. The molecule has 1 unspecified atom stereocenters. The highest BCUT2D eigenvalue weighted by Gasteiger charge is 2.38. The first kappa shape index (κ1) is 32.3. The molecule has 0 aromatic heterocycles. The molecule has 192 valence electrons. The van der Waals surface area contributed by atoms with Crippen LogP contribution >= 0.6 is 50.5 Å². The van der Waals surface area contributed by atoms with Crippen molar-refractivity contribution in [1.29, 1.82) is 0 Å². The molecule has 0 rings (SSSR count). The molecular formula is C21H36O8S4. The summed E-state index contributed by atoms with van der Waals surface area (Å²) in [5, 5.41) is 0. The van der Waals surface area contributed by atoms with Crippen LogP contribution in [-0.2, 0) is 38.1 Å². The minimum atomic E-state index is -1.17. The third-order valence-corrected chi connectivity index (χ3v) is 5.22. The highest BCUT2D eigenvalue weighted by atomic mass is 32.1. The Kier molecular flexibility index (Phi) is 20.2. The van der Waals surface area contributed by atoms with E-state index in [1.165, 1.54) is 0 Å². The molecule has 0 N–H and O–H groups in total. The van der Waals surface area contributed by atoms with Crippen LogP contribution < -0.4 is 0 Å². The number of hydrogen-bond acceptors (Lipinski definition) is 12. The molecule has 0 spiro atoms. The number of esters is 4. The summed E-state index contributed by atoms with van der Waals surface area (Å²) < 4.78 is 22.0. The van der Waals surface area contributed by atoms with Gasteiger partial charge in [-0.05, 0) is 12.8 Å². The summed E-state index contributed by atoms with van der Waals surface area (Å²) in [4.78, 5) is 48.8. The maximum absolute atomic E-state index is 12.4. The Hall–Kier alpha value is -0.720. The van der Waals surface area contributed by atoms with Gasteiger partial charge in [0.25, 0.3) is 0 Å². The van der Waals surface area contributed by atoms with Crippen molar-refractivity contribution in [2.45, 2.75) is 76.6 Å². The summed E-state index contributed by atoms with van der Waals surface area (Å²) in [6, 6.07) is 0. The Labute approximate surface area is 218 Å². The molecule has 0 saturated heterocycles. The van der Waals surface area contributed by atoms with E-state index in [9.17, 15) is 19.2 Å². The quantitative estimate of drug-likeness (QED) is 0.0851. The van der Waals surface area contributed by atoms with Gasteiger partial charge in [-0.25, -0.2) is 0 Å². The van der Waals surface area contributed by atoms with Crippen LogP contribution in [0.2, 0.25) is 0 Å². The average molecular weight is 545 g/mol. The molecule has 33 heavy (non-hydrogen) atoms. The predicted octanol–water partition coefficient (Wildman–Crippen LogP) is 3.12. The fraction of sp³-hybridized carbons (Fsp3) is 0.810. The molecule has 0 fully saturated rings. The van der Waals surface area contributed by atoms with Crippen molar-refractivity contribution in [3.63, 3.8) is 0 Å². The summed E-state index contributed by atoms with van der Waals surface area (Å²) in [5.74, 6) is -1.22. The summed E-state index contributed by atoms with van der Waals surface area (Å²) in [6.07, 6.45) is -0.265. The molecule has 0 bridgehead atoms. The highest BCUT2D eigenvalue weighted by Crippen LogP contribution is 2.21. The number of ether oxygens (including phenoxy) is 4. The van der Waals surface area contributed by atoms with Crippen molar-refractivity contribution < 1.29 is 38.1 Å². The van der Waals surface area contributed by atoms with Crippen LogP contribution in [0.25, 0.3) is 0 Å². The molecule has 0 aromatic rings. The topological polar surface area (TPSA) is 105 Å². The minimum absolute atomic E-state index is 0.00143. The second-order valence-corrected chi connectivity index (χ2v) is 8.87. The molecule has 0 aliphatic rings. The zero-order valence-corrected chi connectivity index (χ0v) is 22.6. The third-order valence-electron chi connectivity index (χ3n) is 4.33. The van der Waals surface area contributed by atoms with Crippen LogP contribution in [0.3, 0.4) is 0 Å². The number of rotatable bonds is 19. The number of thiol groups is 4. The lowest BCUT2D eigenvalue weighted by molar-refractivity contribution is -0.192. The molecule has 0 aliphatic carbocycles. The number of carbonyl (C=O) groups excluding carboxylic acids is 4. The zero-order chi connectivity index (χ0) is 25.1. The van der Waals surface area contributed by atoms with Gasteiger partial charge in [0.2, 0.25) is 0 Å². The van der Waals surface area contributed by atoms with Crippen LogP contribution in [0, 0.1) is 0 Å². The van der Waals surface area contributed by atoms with Gasteiger partial charge in [0, 0.05) is 23.0 Å². The summed E-state index contributed by atoms with van der Waals surface area (Å²) >= 11 is 16.1. The van der Waals surface area contributed by atoms with E-state index in [1.807, 2.05) is 6.92 Å². The molecule has 0 amide bonds. The van der Waals surface area contributed by atoms with E-state index in [4.69, 9.17) is 18.9 Å². The second kappa shape index (κ2) is 20.6. The van der Waals surface area contributed by atoms with Gasteiger partial charge in [-0.1, -0.05) is 19.8 Å². The first-order valence-corrected chi connectivity index (χ1v) is 13.5. The van der Waals surface area contributed by atoms with Gasteiger partial charge in [-0.2, -0.15) is 50.5 Å². The second-order valence-electron chi connectivity index (χ2n) is 7.08. The number of carbonyl (C=O) groups is 4. The van der Waals surface area contributed by atoms with E-state index in [-0.39, 0.29) is 55.3 Å². The maximum atomic E-state index is 12.4. The van der Waals surface area contributed by atoms with E-state index >= 15 is 0 Å². The number of unbranched alkanes of at least 4 members (excludes halogenated alkanes) is 2. The maximum Gasteiger partial charge on any atom is 0.307 e. The molecule has 0 aliphatic heterocycles. The normalized spacial score (nSPS) is 13.5. The lowest BCUT2D eigenvalue weighted by atomic mass is 10.0. The lowest BCUT2D eigenvalue weighted by Crippen LogP contribution is -2.48. The monoisotopic (exact) mass is 544 g/mol. The van der Waals surface area contributed by atoms with Gasteiger partial charge in [-0.3, -0.25) is 19.2 Å². The van der Waals surface area contributed by atoms with Crippen molar-refractivity contribution >= 4 is 74.4 Å². The molecule has 0 saturated carbocycles. The molecule has 0 radical (unpaired) electrons. The predicted molar refractivity (Wildman–Crippen MR) is 139 cm³/mol. The summed E-state index contributed by atoms with van der Waals surface area (Å²) in [7, 11) is 0. The van der Waals surface area contributed by atoms with Crippen LogP contribution in [-0.4, -0.2) is 71.8 Å². The van der Waals surface area contributed by atoms with Crippen LogP contribution in [0.5, 0.6) is 0 Å². The number of hydrogen-bond donors (Lipinski definition) is 4. The smallest absolute Gasteiger partial charge is 0.307 e. The Bertz CT molecular complexity index is 591. The van der Waals surface area contributed by atoms with E-state index in [1.54, 1.807) is 0 Å². The van der Waals surface area contributed by atoms with Gasteiger partial charge in [0.1, 0.15) is 12.7 Å². The van der Waals surface area contributed by atoms with Crippen molar-refractivity contribution in [1.82, 2.24) is 0 Å². The fourth-order valence-corrected chi connectivity index (χ4v) is 3.48. The molecule has 0 heterocycles. The molecule has 8 nitrogen and oxygen atoms in total. The Morgan fingerprint density at radius 3 is 1.58 bits per heavy atom. The van der Waals surface area contributed by atoms with Gasteiger partial charge < -0.3 is 18.9 Å². The molecular weight excluding hydrogens is 508 g/mol. The van der Waals surface area contributed by atoms with E-state index in [2.05, 4.69) is 50.5 Å². The highest BCUT2D eigenvalue weighted by molar-refractivity contribution is 7.80.